The van der Waals surface area contributed by atoms with E-state index in [1.54, 1.807) is 17.3 Å². The summed E-state index contributed by atoms with van der Waals surface area (Å²) < 4.78 is 38.6. The highest BCUT2D eigenvalue weighted by molar-refractivity contribution is 5.89. The van der Waals surface area contributed by atoms with E-state index in [1.165, 1.54) is 12.1 Å². The number of hydrogen-bond acceptors (Lipinski definition) is 6. The molecule has 1 aromatic carbocycles. The van der Waals surface area contributed by atoms with Crippen LogP contribution < -0.4 is 15.5 Å². The predicted octanol–water partition coefficient (Wildman–Crippen LogP) is 3.99. The highest BCUT2D eigenvalue weighted by Gasteiger charge is 2.30. The van der Waals surface area contributed by atoms with Crippen molar-refractivity contribution in [2.24, 2.45) is 0 Å². The number of carbonyl (C=O) groups excluding carboxylic acids is 1. The maximum Gasteiger partial charge on any atom is 0.416 e. The third-order valence-corrected chi connectivity index (χ3v) is 4.94. The molecule has 4 rings (SSSR count). The molecule has 166 valence electrons. The molecule has 0 unspecified atom stereocenters. The van der Waals surface area contributed by atoms with E-state index >= 15 is 0 Å². The van der Waals surface area contributed by atoms with Crippen molar-refractivity contribution < 1.29 is 18.0 Å². The van der Waals surface area contributed by atoms with Gasteiger partial charge in [-0.3, -0.25) is 4.98 Å². The first-order valence-electron chi connectivity index (χ1n) is 9.87. The molecule has 0 atom stereocenters. The number of halogens is 3. The molecule has 1 aliphatic heterocycles. The Morgan fingerprint density at radius 3 is 2.31 bits per heavy atom. The summed E-state index contributed by atoms with van der Waals surface area (Å²) in [5.74, 6) is 1.28. The van der Waals surface area contributed by atoms with E-state index < -0.39 is 17.8 Å². The molecule has 0 spiro atoms. The molecule has 1 fully saturated rings. The van der Waals surface area contributed by atoms with Crippen LogP contribution >= 0.6 is 0 Å². The number of carbonyl (C=O) groups is 1. The van der Waals surface area contributed by atoms with E-state index in [0.717, 1.165) is 17.8 Å². The lowest BCUT2D eigenvalue weighted by atomic mass is 10.2. The summed E-state index contributed by atoms with van der Waals surface area (Å²) in [6.07, 6.45) is -1.11. The van der Waals surface area contributed by atoms with Gasteiger partial charge in [-0.1, -0.05) is 6.07 Å². The minimum absolute atomic E-state index is 0.107. The number of benzene rings is 1. The molecule has 3 heterocycles. The molecule has 32 heavy (non-hydrogen) atoms. The SMILES string of the molecule is O=C(Nc1cccc(C(F)(F)F)c1)N1CCN(c2ccc(Nc3ccncc3)nn2)CC1. The number of pyridine rings is 1. The summed E-state index contributed by atoms with van der Waals surface area (Å²) >= 11 is 0. The van der Waals surface area contributed by atoms with Crippen LogP contribution in [-0.2, 0) is 6.18 Å². The van der Waals surface area contributed by atoms with Gasteiger partial charge < -0.3 is 20.4 Å². The van der Waals surface area contributed by atoms with Crippen LogP contribution in [0.2, 0.25) is 0 Å². The Balaban J connectivity index is 1.30. The van der Waals surface area contributed by atoms with E-state index in [9.17, 15) is 18.0 Å². The average Bonchev–Trinajstić information content (AvgIpc) is 2.80. The zero-order valence-electron chi connectivity index (χ0n) is 16.9. The van der Waals surface area contributed by atoms with Crippen molar-refractivity contribution in [2.45, 2.75) is 6.18 Å². The molecule has 1 aliphatic rings. The van der Waals surface area contributed by atoms with Gasteiger partial charge in [0.15, 0.2) is 11.6 Å². The van der Waals surface area contributed by atoms with Crippen molar-refractivity contribution in [3.8, 4) is 0 Å². The predicted molar refractivity (Wildman–Crippen MR) is 114 cm³/mol. The Morgan fingerprint density at radius 1 is 0.906 bits per heavy atom. The Morgan fingerprint density at radius 2 is 1.66 bits per heavy atom. The minimum Gasteiger partial charge on any atom is -0.352 e. The third kappa shape index (κ3) is 5.23. The molecule has 0 saturated carbocycles. The smallest absolute Gasteiger partial charge is 0.352 e. The molecular weight excluding hydrogens is 423 g/mol. The van der Waals surface area contributed by atoms with E-state index in [4.69, 9.17) is 0 Å². The Hall–Kier alpha value is -3.89. The lowest BCUT2D eigenvalue weighted by Gasteiger charge is -2.35. The number of alkyl halides is 3. The Kier molecular flexibility index (Phi) is 6.06. The van der Waals surface area contributed by atoms with Gasteiger partial charge in [-0.25, -0.2) is 4.79 Å². The van der Waals surface area contributed by atoms with E-state index in [2.05, 4.69) is 25.8 Å². The molecule has 1 saturated heterocycles. The summed E-state index contributed by atoms with van der Waals surface area (Å²) in [7, 11) is 0. The first-order chi connectivity index (χ1) is 15.4. The molecular formula is C21H20F3N7O. The van der Waals surface area contributed by atoms with Gasteiger partial charge in [-0.15, -0.1) is 10.2 Å². The number of aromatic nitrogens is 3. The molecule has 3 aromatic rings. The van der Waals surface area contributed by atoms with E-state index in [1.807, 2.05) is 29.2 Å². The average molecular weight is 443 g/mol. The summed E-state index contributed by atoms with van der Waals surface area (Å²) in [6, 6.07) is 11.4. The molecule has 0 aliphatic carbocycles. The van der Waals surface area contributed by atoms with Crippen molar-refractivity contribution in [2.75, 3.05) is 41.7 Å². The number of anilines is 4. The van der Waals surface area contributed by atoms with Crippen LogP contribution in [0.3, 0.4) is 0 Å². The van der Waals surface area contributed by atoms with Crippen LogP contribution in [-0.4, -0.2) is 52.3 Å². The summed E-state index contributed by atoms with van der Waals surface area (Å²) in [5, 5.41) is 14.1. The molecule has 2 aromatic heterocycles. The van der Waals surface area contributed by atoms with Gasteiger partial charge in [-0.2, -0.15) is 13.2 Å². The molecule has 8 nitrogen and oxygen atoms in total. The van der Waals surface area contributed by atoms with Crippen LogP contribution in [0.25, 0.3) is 0 Å². The van der Waals surface area contributed by atoms with Gasteiger partial charge in [0.2, 0.25) is 0 Å². The van der Waals surface area contributed by atoms with Gasteiger partial charge in [0.1, 0.15) is 0 Å². The number of hydrogen-bond donors (Lipinski definition) is 2. The van der Waals surface area contributed by atoms with Gasteiger partial charge in [0.25, 0.3) is 0 Å². The van der Waals surface area contributed by atoms with Crippen LogP contribution in [0, 0.1) is 0 Å². The van der Waals surface area contributed by atoms with Crippen LogP contribution in [0.5, 0.6) is 0 Å². The Bertz CT molecular complexity index is 1050. The number of nitrogens with one attached hydrogen (secondary N) is 2. The van der Waals surface area contributed by atoms with E-state index in [0.29, 0.717) is 37.8 Å². The zero-order chi connectivity index (χ0) is 22.6. The normalized spacial score (nSPS) is 14.2. The minimum atomic E-state index is -4.46. The van der Waals surface area contributed by atoms with Gasteiger partial charge >= 0.3 is 12.2 Å². The van der Waals surface area contributed by atoms with Crippen molar-refractivity contribution in [3.05, 3.63) is 66.5 Å². The monoisotopic (exact) mass is 443 g/mol. The second-order valence-corrected chi connectivity index (χ2v) is 7.12. The van der Waals surface area contributed by atoms with E-state index in [-0.39, 0.29) is 5.69 Å². The molecule has 11 heteroatoms. The highest BCUT2D eigenvalue weighted by atomic mass is 19.4. The largest absolute Gasteiger partial charge is 0.416 e. The molecule has 2 amide bonds. The van der Waals surface area contributed by atoms with Crippen molar-refractivity contribution in [1.29, 1.82) is 0 Å². The fourth-order valence-corrected chi connectivity index (χ4v) is 3.26. The zero-order valence-corrected chi connectivity index (χ0v) is 16.9. The fraction of sp³-hybridized carbons (Fsp3) is 0.238. The summed E-state index contributed by atoms with van der Waals surface area (Å²) in [6.45, 7) is 1.87. The molecule has 2 N–H and O–H groups in total. The van der Waals surface area contributed by atoms with Gasteiger partial charge in [0.05, 0.1) is 5.56 Å². The van der Waals surface area contributed by atoms with Crippen molar-refractivity contribution >= 4 is 29.0 Å². The number of piperazine rings is 1. The second-order valence-electron chi connectivity index (χ2n) is 7.12. The second kappa shape index (κ2) is 9.08. The maximum absolute atomic E-state index is 12.9. The van der Waals surface area contributed by atoms with Crippen LogP contribution in [0.15, 0.2) is 60.9 Å². The number of urea groups is 1. The maximum atomic E-state index is 12.9. The fourth-order valence-electron chi connectivity index (χ4n) is 3.26. The first-order valence-corrected chi connectivity index (χ1v) is 9.87. The number of nitrogens with zero attached hydrogens (tertiary/aromatic N) is 5. The number of rotatable bonds is 4. The summed E-state index contributed by atoms with van der Waals surface area (Å²) in [5.41, 5.74) is 0.151. The quantitative estimate of drug-likeness (QED) is 0.634. The summed E-state index contributed by atoms with van der Waals surface area (Å²) in [4.78, 5) is 20.0. The van der Waals surface area contributed by atoms with Crippen LogP contribution in [0.4, 0.5) is 41.0 Å². The molecule has 0 bridgehead atoms. The van der Waals surface area contributed by atoms with Crippen molar-refractivity contribution in [1.82, 2.24) is 20.1 Å². The number of amides is 2. The highest BCUT2D eigenvalue weighted by Crippen LogP contribution is 2.30. The van der Waals surface area contributed by atoms with Crippen LogP contribution in [0.1, 0.15) is 5.56 Å². The van der Waals surface area contributed by atoms with Gasteiger partial charge in [-0.05, 0) is 42.5 Å². The molecule has 0 radical (unpaired) electrons. The lowest BCUT2D eigenvalue weighted by Crippen LogP contribution is -2.50. The third-order valence-electron chi connectivity index (χ3n) is 4.94. The standard InChI is InChI=1S/C21H20F3N7O/c22-21(23,24)15-2-1-3-17(14-15)27-20(32)31-12-10-30(11-13-31)19-5-4-18(28-29-19)26-16-6-8-25-9-7-16/h1-9,14H,10-13H2,(H,27,32)(H,25,26,28). The first kappa shape index (κ1) is 21.3. The topological polar surface area (TPSA) is 86.3 Å². The lowest BCUT2D eigenvalue weighted by molar-refractivity contribution is -0.137. The Labute approximate surface area is 182 Å². The van der Waals surface area contributed by atoms with Gasteiger partial charge in [0, 0.05) is 49.9 Å². The van der Waals surface area contributed by atoms with Crippen molar-refractivity contribution in [3.63, 3.8) is 0 Å².